The van der Waals surface area contributed by atoms with Crippen molar-refractivity contribution in [2.45, 2.75) is 25.9 Å². The van der Waals surface area contributed by atoms with Crippen molar-refractivity contribution in [3.8, 4) is 0 Å². The van der Waals surface area contributed by atoms with Crippen LogP contribution in [0.4, 0.5) is 0 Å². The van der Waals surface area contributed by atoms with Crippen LogP contribution in [0.5, 0.6) is 0 Å². The Balaban J connectivity index is 1.62. The van der Waals surface area contributed by atoms with Crippen molar-refractivity contribution in [1.82, 2.24) is 5.32 Å². The van der Waals surface area contributed by atoms with Gasteiger partial charge in [0.1, 0.15) is 6.10 Å². The first-order valence-corrected chi connectivity index (χ1v) is 7.73. The first-order valence-electron chi connectivity index (χ1n) is 7.73. The highest BCUT2D eigenvalue weighted by Crippen LogP contribution is 2.02. The van der Waals surface area contributed by atoms with Crippen LogP contribution in [0.1, 0.15) is 18.1 Å². The highest BCUT2D eigenvalue weighted by atomic mass is 16.5. The number of amides is 1. The first kappa shape index (κ1) is 16.2. The minimum atomic E-state index is -0.417. The number of benzene rings is 2. The smallest absolute Gasteiger partial charge is 0.248 e. The molecule has 0 aromatic heterocycles. The Hall–Kier alpha value is -2.13. The standard InChI is InChI=1S/C19H23NO2/c1-16(22-15-13-18-10-6-3-7-11-18)19(21)20-14-12-17-8-4-2-5-9-17/h2-11,16H,12-15H2,1H3,(H,20,21). The van der Waals surface area contributed by atoms with Crippen molar-refractivity contribution in [1.29, 1.82) is 0 Å². The van der Waals surface area contributed by atoms with Gasteiger partial charge in [-0.15, -0.1) is 0 Å². The van der Waals surface area contributed by atoms with Gasteiger partial charge in [0.25, 0.3) is 0 Å². The van der Waals surface area contributed by atoms with Gasteiger partial charge in [-0.25, -0.2) is 0 Å². The predicted molar refractivity (Wildman–Crippen MR) is 88.7 cm³/mol. The van der Waals surface area contributed by atoms with Crippen LogP contribution in [-0.4, -0.2) is 25.2 Å². The summed E-state index contributed by atoms with van der Waals surface area (Å²) in [6.07, 6.45) is 1.24. The lowest BCUT2D eigenvalue weighted by molar-refractivity contribution is -0.131. The summed E-state index contributed by atoms with van der Waals surface area (Å²) >= 11 is 0. The summed E-state index contributed by atoms with van der Waals surface area (Å²) in [6.45, 7) is 2.98. The maximum Gasteiger partial charge on any atom is 0.248 e. The fraction of sp³-hybridized carbons (Fsp3) is 0.316. The molecule has 116 valence electrons. The number of carbonyl (C=O) groups is 1. The number of rotatable bonds is 8. The fourth-order valence-electron chi connectivity index (χ4n) is 2.19. The molecule has 0 bridgehead atoms. The summed E-state index contributed by atoms with van der Waals surface area (Å²) in [5.41, 5.74) is 2.44. The van der Waals surface area contributed by atoms with Crippen molar-refractivity contribution in [2.24, 2.45) is 0 Å². The number of carbonyl (C=O) groups excluding carboxylic acids is 1. The van der Waals surface area contributed by atoms with E-state index in [0.717, 1.165) is 12.8 Å². The molecule has 2 rings (SSSR count). The van der Waals surface area contributed by atoms with Crippen LogP contribution in [-0.2, 0) is 22.4 Å². The van der Waals surface area contributed by atoms with Crippen molar-refractivity contribution in [3.63, 3.8) is 0 Å². The molecule has 1 amide bonds. The van der Waals surface area contributed by atoms with Gasteiger partial charge in [0, 0.05) is 6.54 Å². The molecule has 1 unspecified atom stereocenters. The van der Waals surface area contributed by atoms with Crippen molar-refractivity contribution >= 4 is 5.91 Å². The summed E-state index contributed by atoms with van der Waals surface area (Å²) in [6, 6.07) is 20.3. The minimum Gasteiger partial charge on any atom is -0.368 e. The third-order valence-electron chi connectivity index (χ3n) is 3.53. The zero-order chi connectivity index (χ0) is 15.6. The van der Waals surface area contributed by atoms with Gasteiger partial charge in [-0.05, 0) is 30.9 Å². The van der Waals surface area contributed by atoms with E-state index in [1.807, 2.05) is 36.4 Å². The molecule has 1 N–H and O–H groups in total. The zero-order valence-corrected chi connectivity index (χ0v) is 13.0. The first-order chi connectivity index (χ1) is 10.8. The second kappa shape index (κ2) is 9.00. The van der Waals surface area contributed by atoms with Gasteiger partial charge in [-0.3, -0.25) is 4.79 Å². The third-order valence-corrected chi connectivity index (χ3v) is 3.53. The van der Waals surface area contributed by atoms with E-state index in [1.54, 1.807) is 6.92 Å². The molecule has 2 aromatic rings. The lowest BCUT2D eigenvalue weighted by Crippen LogP contribution is -2.36. The number of ether oxygens (including phenoxy) is 1. The van der Waals surface area contributed by atoms with Gasteiger partial charge in [0.05, 0.1) is 6.61 Å². The average Bonchev–Trinajstić information content (AvgIpc) is 2.56. The summed E-state index contributed by atoms with van der Waals surface area (Å²) in [7, 11) is 0. The van der Waals surface area contributed by atoms with Crippen LogP contribution in [0, 0.1) is 0 Å². The van der Waals surface area contributed by atoms with Crippen LogP contribution in [0.3, 0.4) is 0 Å². The van der Waals surface area contributed by atoms with E-state index in [-0.39, 0.29) is 5.91 Å². The van der Waals surface area contributed by atoms with Gasteiger partial charge < -0.3 is 10.1 Å². The maximum absolute atomic E-state index is 11.9. The third kappa shape index (κ3) is 5.70. The highest BCUT2D eigenvalue weighted by Gasteiger charge is 2.12. The Bertz CT molecular complexity index is 554. The molecule has 0 saturated heterocycles. The molecule has 0 heterocycles. The highest BCUT2D eigenvalue weighted by molar-refractivity contribution is 5.80. The summed E-state index contributed by atoms with van der Waals surface area (Å²) in [5, 5.41) is 2.92. The Morgan fingerprint density at radius 3 is 2.09 bits per heavy atom. The van der Waals surface area contributed by atoms with Crippen molar-refractivity contribution in [3.05, 3.63) is 71.8 Å². The molecule has 0 saturated carbocycles. The molecular formula is C19H23NO2. The Kier molecular flexibility index (Phi) is 6.65. The van der Waals surface area contributed by atoms with Crippen LogP contribution >= 0.6 is 0 Å². The Morgan fingerprint density at radius 2 is 1.50 bits per heavy atom. The van der Waals surface area contributed by atoms with Crippen LogP contribution in [0.2, 0.25) is 0 Å². The second-order valence-electron chi connectivity index (χ2n) is 5.28. The van der Waals surface area contributed by atoms with Gasteiger partial charge in [-0.1, -0.05) is 60.7 Å². The Morgan fingerprint density at radius 1 is 0.955 bits per heavy atom. The van der Waals surface area contributed by atoms with E-state index in [4.69, 9.17) is 4.74 Å². The molecule has 0 aliphatic rings. The predicted octanol–water partition coefficient (Wildman–Crippen LogP) is 2.99. The molecule has 3 nitrogen and oxygen atoms in total. The van der Waals surface area contributed by atoms with Crippen molar-refractivity contribution in [2.75, 3.05) is 13.2 Å². The molecular weight excluding hydrogens is 274 g/mol. The maximum atomic E-state index is 11.9. The lowest BCUT2D eigenvalue weighted by atomic mass is 10.1. The van der Waals surface area contributed by atoms with E-state index >= 15 is 0 Å². The number of nitrogens with one attached hydrogen (secondary N) is 1. The number of hydrogen-bond acceptors (Lipinski definition) is 2. The molecule has 1 atom stereocenters. The monoisotopic (exact) mass is 297 g/mol. The quantitative estimate of drug-likeness (QED) is 0.813. The molecule has 0 spiro atoms. The fourth-order valence-corrected chi connectivity index (χ4v) is 2.19. The minimum absolute atomic E-state index is 0.0519. The van der Waals surface area contributed by atoms with Crippen molar-refractivity contribution < 1.29 is 9.53 Å². The Labute approximate surface area is 132 Å². The molecule has 3 heteroatoms. The van der Waals surface area contributed by atoms with E-state index in [1.165, 1.54) is 11.1 Å². The van der Waals surface area contributed by atoms with E-state index in [2.05, 4.69) is 29.6 Å². The molecule has 0 radical (unpaired) electrons. The van der Waals surface area contributed by atoms with Gasteiger partial charge in [0.15, 0.2) is 0 Å². The normalized spacial score (nSPS) is 11.9. The van der Waals surface area contributed by atoms with Gasteiger partial charge in [0.2, 0.25) is 5.91 Å². The summed E-state index contributed by atoms with van der Waals surface area (Å²) in [5.74, 6) is -0.0519. The van der Waals surface area contributed by atoms with E-state index < -0.39 is 6.10 Å². The van der Waals surface area contributed by atoms with E-state index in [0.29, 0.717) is 13.2 Å². The molecule has 0 aliphatic heterocycles. The topological polar surface area (TPSA) is 38.3 Å². The van der Waals surface area contributed by atoms with Gasteiger partial charge >= 0.3 is 0 Å². The summed E-state index contributed by atoms with van der Waals surface area (Å²) < 4.78 is 5.60. The summed E-state index contributed by atoms with van der Waals surface area (Å²) in [4.78, 5) is 11.9. The van der Waals surface area contributed by atoms with Crippen LogP contribution < -0.4 is 5.32 Å². The van der Waals surface area contributed by atoms with Crippen LogP contribution in [0.15, 0.2) is 60.7 Å². The molecule has 0 fully saturated rings. The SMILES string of the molecule is CC(OCCc1ccccc1)C(=O)NCCc1ccccc1. The van der Waals surface area contributed by atoms with Gasteiger partial charge in [-0.2, -0.15) is 0 Å². The molecule has 22 heavy (non-hydrogen) atoms. The largest absolute Gasteiger partial charge is 0.368 e. The average molecular weight is 297 g/mol. The van der Waals surface area contributed by atoms with Crippen LogP contribution in [0.25, 0.3) is 0 Å². The molecule has 2 aromatic carbocycles. The number of hydrogen-bond donors (Lipinski definition) is 1. The lowest BCUT2D eigenvalue weighted by Gasteiger charge is -2.13. The van der Waals surface area contributed by atoms with E-state index in [9.17, 15) is 4.79 Å². The zero-order valence-electron chi connectivity index (χ0n) is 13.0. The molecule has 0 aliphatic carbocycles. The second-order valence-corrected chi connectivity index (χ2v) is 5.28.